The summed E-state index contributed by atoms with van der Waals surface area (Å²) in [4.78, 5) is 36.2. The Bertz CT molecular complexity index is 891. The molecule has 1 aromatic carbocycles. The number of nitrogens with one attached hydrogen (secondary N) is 1. The first-order chi connectivity index (χ1) is 12.4. The van der Waals surface area contributed by atoms with Crippen molar-refractivity contribution in [3.8, 4) is 0 Å². The molecule has 2 atom stereocenters. The van der Waals surface area contributed by atoms with Crippen molar-refractivity contribution in [1.29, 1.82) is 0 Å². The Balaban J connectivity index is 1.63. The molecular weight excluding hydrogens is 358 g/mol. The molecule has 1 heterocycles. The number of carbonyl (C=O) groups is 2. The fourth-order valence-electron chi connectivity index (χ4n) is 3.21. The van der Waals surface area contributed by atoms with E-state index in [2.05, 4.69) is 12.2 Å². The van der Waals surface area contributed by atoms with E-state index in [1.54, 1.807) is 6.07 Å². The zero-order valence-electron chi connectivity index (χ0n) is 14.4. The number of carbonyl (C=O) groups excluding carboxylic acids is 2. The molecule has 0 unspecified atom stereocenters. The van der Waals surface area contributed by atoms with Gasteiger partial charge in [0.25, 0.3) is 5.91 Å². The summed E-state index contributed by atoms with van der Waals surface area (Å²) in [7, 11) is 0. The number of hydrogen-bond donors (Lipinski definition) is 1. The molecule has 0 aliphatic heterocycles. The number of esters is 1. The molecular formula is C19H20ClNO5. The van der Waals surface area contributed by atoms with Crippen LogP contribution in [0.1, 0.15) is 43.2 Å². The SMILES string of the molecule is C[C@@H]1CCCC[C@@H]1NC(=O)COC(=O)c1cc(=O)c2cc(Cl)ccc2o1. The van der Waals surface area contributed by atoms with Gasteiger partial charge in [-0.05, 0) is 37.0 Å². The minimum atomic E-state index is -0.856. The first kappa shape index (κ1) is 18.5. The molecule has 0 bridgehead atoms. The number of hydrogen-bond acceptors (Lipinski definition) is 5. The summed E-state index contributed by atoms with van der Waals surface area (Å²) in [5.74, 6) is -1.05. The van der Waals surface area contributed by atoms with Gasteiger partial charge in [0.15, 0.2) is 12.0 Å². The number of fused-ring (bicyclic) bond motifs is 1. The quantitative estimate of drug-likeness (QED) is 0.826. The highest BCUT2D eigenvalue weighted by molar-refractivity contribution is 6.31. The fourth-order valence-corrected chi connectivity index (χ4v) is 3.38. The van der Waals surface area contributed by atoms with Crippen molar-refractivity contribution in [3.05, 3.63) is 45.3 Å². The van der Waals surface area contributed by atoms with Crippen LogP contribution in [0.3, 0.4) is 0 Å². The summed E-state index contributed by atoms with van der Waals surface area (Å²) >= 11 is 5.85. The van der Waals surface area contributed by atoms with E-state index in [1.165, 1.54) is 18.6 Å². The van der Waals surface area contributed by atoms with Crippen LogP contribution in [0.2, 0.25) is 5.02 Å². The number of amides is 1. The summed E-state index contributed by atoms with van der Waals surface area (Å²) in [5.41, 5.74) is -0.171. The Hall–Kier alpha value is -2.34. The Morgan fingerprint density at radius 3 is 2.81 bits per heavy atom. The molecule has 7 heteroatoms. The molecule has 0 radical (unpaired) electrons. The van der Waals surface area contributed by atoms with E-state index in [0.717, 1.165) is 25.3 Å². The average molecular weight is 378 g/mol. The van der Waals surface area contributed by atoms with E-state index >= 15 is 0 Å². The summed E-state index contributed by atoms with van der Waals surface area (Å²) in [5, 5.41) is 3.57. The molecule has 1 aromatic heterocycles. The molecule has 1 saturated carbocycles. The van der Waals surface area contributed by atoms with Crippen molar-refractivity contribution in [3.63, 3.8) is 0 Å². The zero-order chi connectivity index (χ0) is 18.7. The van der Waals surface area contributed by atoms with Crippen LogP contribution in [-0.4, -0.2) is 24.5 Å². The van der Waals surface area contributed by atoms with Crippen LogP contribution in [0.4, 0.5) is 0 Å². The van der Waals surface area contributed by atoms with Crippen LogP contribution in [0.25, 0.3) is 11.0 Å². The molecule has 138 valence electrons. The van der Waals surface area contributed by atoms with Gasteiger partial charge in [-0.3, -0.25) is 9.59 Å². The highest BCUT2D eigenvalue weighted by Gasteiger charge is 2.23. The largest absolute Gasteiger partial charge is 0.450 e. The van der Waals surface area contributed by atoms with Crippen LogP contribution in [0.15, 0.2) is 33.5 Å². The lowest BCUT2D eigenvalue weighted by molar-refractivity contribution is -0.125. The summed E-state index contributed by atoms with van der Waals surface area (Å²) in [6.07, 6.45) is 4.27. The predicted octanol–water partition coefficient (Wildman–Crippen LogP) is 3.30. The van der Waals surface area contributed by atoms with E-state index in [1.807, 2.05) is 0 Å². The van der Waals surface area contributed by atoms with Gasteiger partial charge < -0.3 is 14.5 Å². The summed E-state index contributed by atoms with van der Waals surface area (Å²) in [6.45, 7) is 1.69. The third-order valence-corrected chi connectivity index (χ3v) is 4.92. The van der Waals surface area contributed by atoms with Gasteiger partial charge in [-0.1, -0.05) is 31.4 Å². The van der Waals surface area contributed by atoms with E-state index < -0.39 is 18.0 Å². The van der Waals surface area contributed by atoms with Crippen LogP contribution in [-0.2, 0) is 9.53 Å². The smallest absolute Gasteiger partial charge is 0.374 e. The van der Waals surface area contributed by atoms with E-state index in [0.29, 0.717) is 10.9 Å². The number of ether oxygens (including phenoxy) is 1. The topological polar surface area (TPSA) is 85.6 Å². The third kappa shape index (κ3) is 4.25. The van der Waals surface area contributed by atoms with Crippen molar-refractivity contribution in [2.75, 3.05) is 6.61 Å². The van der Waals surface area contributed by atoms with Gasteiger partial charge in [0.1, 0.15) is 5.58 Å². The van der Waals surface area contributed by atoms with Gasteiger partial charge in [0, 0.05) is 17.1 Å². The lowest BCUT2D eigenvalue weighted by Crippen LogP contribution is -2.42. The average Bonchev–Trinajstić information content (AvgIpc) is 2.62. The molecule has 6 nitrogen and oxygen atoms in total. The molecule has 3 rings (SSSR count). The summed E-state index contributed by atoms with van der Waals surface area (Å²) in [6, 6.07) is 5.69. The van der Waals surface area contributed by atoms with E-state index in [9.17, 15) is 14.4 Å². The minimum Gasteiger partial charge on any atom is -0.450 e. The van der Waals surface area contributed by atoms with Crippen LogP contribution < -0.4 is 10.7 Å². The highest BCUT2D eigenvalue weighted by Crippen LogP contribution is 2.23. The molecule has 2 aromatic rings. The maximum Gasteiger partial charge on any atom is 0.374 e. The van der Waals surface area contributed by atoms with Crippen molar-refractivity contribution < 1.29 is 18.7 Å². The third-order valence-electron chi connectivity index (χ3n) is 4.68. The lowest BCUT2D eigenvalue weighted by Gasteiger charge is -2.29. The normalized spacial score (nSPS) is 19.9. The monoisotopic (exact) mass is 377 g/mol. The molecule has 0 spiro atoms. The van der Waals surface area contributed by atoms with Crippen molar-refractivity contribution in [2.45, 2.75) is 38.6 Å². The van der Waals surface area contributed by atoms with Crippen molar-refractivity contribution >= 4 is 34.4 Å². The van der Waals surface area contributed by atoms with Crippen molar-refractivity contribution in [1.82, 2.24) is 5.32 Å². The maximum absolute atomic E-state index is 12.1. The van der Waals surface area contributed by atoms with Gasteiger partial charge in [-0.25, -0.2) is 4.79 Å². The Morgan fingerprint density at radius 1 is 1.27 bits per heavy atom. The van der Waals surface area contributed by atoms with Crippen molar-refractivity contribution in [2.24, 2.45) is 5.92 Å². The van der Waals surface area contributed by atoms with E-state index in [4.69, 9.17) is 20.8 Å². The first-order valence-electron chi connectivity index (χ1n) is 8.64. The molecule has 26 heavy (non-hydrogen) atoms. The van der Waals surface area contributed by atoms with Gasteiger partial charge in [0.05, 0.1) is 5.39 Å². The molecule has 1 fully saturated rings. The zero-order valence-corrected chi connectivity index (χ0v) is 15.2. The predicted molar refractivity (Wildman–Crippen MR) is 97.3 cm³/mol. The van der Waals surface area contributed by atoms with Gasteiger partial charge in [-0.15, -0.1) is 0 Å². The maximum atomic E-state index is 12.1. The van der Waals surface area contributed by atoms with Gasteiger partial charge in [0.2, 0.25) is 5.76 Å². The second-order valence-corrected chi connectivity index (χ2v) is 7.06. The molecule has 1 N–H and O–H groups in total. The second kappa shape index (κ2) is 7.91. The summed E-state index contributed by atoms with van der Waals surface area (Å²) < 4.78 is 10.4. The lowest BCUT2D eigenvalue weighted by atomic mass is 9.86. The first-order valence-corrected chi connectivity index (χ1v) is 9.02. The highest BCUT2D eigenvalue weighted by atomic mass is 35.5. The number of halogens is 1. The van der Waals surface area contributed by atoms with Gasteiger partial charge >= 0.3 is 5.97 Å². The fraction of sp³-hybridized carbons (Fsp3) is 0.421. The molecule has 0 saturated heterocycles. The van der Waals surface area contributed by atoms with Crippen LogP contribution >= 0.6 is 11.6 Å². The van der Waals surface area contributed by atoms with Crippen LogP contribution in [0, 0.1) is 5.92 Å². The number of rotatable bonds is 4. The Labute approximate surface area is 155 Å². The number of benzene rings is 1. The Morgan fingerprint density at radius 2 is 2.04 bits per heavy atom. The minimum absolute atomic E-state index is 0.110. The van der Waals surface area contributed by atoms with Gasteiger partial charge in [-0.2, -0.15) is 0 Å². The standard InChI is InChI=1S/C19H20ClNO5/c1-11-4-2-3-5-14(11)21-18(23)10-25-19(24)17-9-15(22)13-8-12(20)6-7-16(13)26-17/h6-9,11,14H,2-5,10H2,1H3,(H,21,23)/t11-,14+/m1/s1. The Kier molecular flexibility index (Phi) is 5.61. The second-order valence-electron chi connectivity index (χ2n) is 6.63. The molecule has 1 aliphatic carbocycles. The molecule has 1 amide bonds. The molecule has 1 aliphatic rings. The van der Waals surface area contributed by atoms with Crippen LogP contribution in [0.5, 0.6) is 0 Å². The van der Waals surface area contributed by atoms with E-state index in [-0.39, 0.29) is 28.7 Å².